The van der Waals surface area contributed by atoms with Crippen molar-refractivity contribution >= 4 is 34.8 Å². The molecule has 0 atom stereocenters. The maximum absolute atomic E-state index is 12.0. The summed E-state index contributed by atoms with van der Waals surface area (Å²) < 4.78 is 5.04. The molecule has 6 nitrogen and oxygen atoms in total. The number of nitrogens with two attached hydrogens (primary N) is 1. The van der Waals surface area contributed by atoms with E-state index >= 15 is 0 Å². The van der Waals surface area contributed by atoms with Gasteiger partial charge in [0, 0.05) is 4.88 Å². The molecule has 0 aliphatic heterocycles. The van der Waals surface area contributed by atoms with E-state index in [-0.39, 0.29) is 5.56 Å². The standard InChI is InChI=1S/C17H16N2O4S/c18-16(21)11-5-1-2-6-12(11)19-15(20)9-23-17(22)14-8-10-4-3-7-13(10)24-14/h1-2,5-6,8H,3-4,7,9H2,(H2,18,21)(H,19,20). The third kappa shape index (κ3) is 3.46. The van der Waals surface area contributed by atoms with Gasteiger partial charge in [0.1, 0.15) is 4.88 Å². The molecule has 1 aliphatic carbocycles. The molecule has 0 unspecified atom stereocenters. The number of para-hydroxylation sites is 1. The third-order valence-electron chi connectivity index (χ3n) is 3.75. The summed E-state index contributed by atoms with van der Waals surface area (Å²) in [7, 11) is 0. The Morgan fingerprint density at radius 1 is 1.21 bits per heavy atom. The quantitative estimate of drug-likeness (QED) is 0.812. The van der Waals surface area contributed by atoms with Gasteiger partial charge in [-0.2, -0.15) is 0 Å². The van der Waals surface area contributed by atoms with Crippen molar-refractivity contribution in [1.82, 2.24) is 0 Å². The largest absolute Gasteiger partial charge is 0.451 e. The number of amides is 2. The van der Waals surface area contributed by atoms with E-state index in [9.17, 15) is 14.4 Å². The average Bonchev–Trinajstić information content (AvgIpc) is 3.14. The van der Waals surface area contributed by atoms with Crippen LogP contribution < -0.4 is 11.1 Å². The summed E-state index contributed by atoms with van der Waals surface area (Å²) in [5.74, 6) is -1.68. The Morgan fingerprint density at radius 3 is 2.75 bits per heavy atom. The highest BCUT2D eigenvalue weighted by atomic mass is 32.1. The molecular formula is C17H16N2O4S. The van der Waals surface area contributed by atoms with Crippen LogP contribution in [-0.4, -0.2) is 24.4 Å². The van der Waals surface area contributed by atoms with E-state index in [0.717, 1.165) is 19.3 Å². The number of thiophene rings is 1. The molecule has 1 heterocycles. The van der Waals surface area contributed by atoms with Crippen LogP contribution in [0.25, 0.3) is 0 Å². The van der Waals surface area contributed by atoms with Crippen molar-refractivity contribution in [2.75, 3.05) is 11.9 Å². The number of rotatable bonds is 5. The molecule has 3 N–H and O–H groups in total. The van der Waals surface area contributed by atoms with Crippen LogP contribution in [0.5, 0.6) is 0 Å². The van der Waals surface area contributed by atoms with E-state index in [0.29, 0.717) is 10.6 Å². The molecule has 1 aliphatic rings. The van der Waals surface area contributed by atoms with Crippen LogP contribution in [0.2, 0.25) is 0 Å². The van der Waals surface area contributed by atoms with Crippen molar-refractivity contribution in [2.24, 2.45) is 5.73 Å². The minimum absolute atomic E-state index is 0.201. The number of fused-ring (bicyclic) bond motifs is 1. The van der Waals surface area contributed by atoms with Crippen LogP contribution in [-0.2, 0) is 22.4 Å². The Hall–Kier alpha value is -2.67. The van der Waals surface area contributed by atoms with Crippen LogP contribution in [0, 0.1) is 0 Å². The van der Waals surface area contributed by atoms with Crippen LogP contribution in [0.3, 0.4) is 0 Å². The van der Waals surface area contributed by atoms with Gasteiger partial charge in [0.15, 0.2) is 6.61 Å². The van der Waals surface area contributed by atoms with E-state index in [1.54, 1.807) is 18.2 Å². The normalized spacial score (nSPS) is 12.5. The zero-order valence-electron chi connectivity index (χ0n) is 12.8. The Labute approximate surface area is 142 Å². The van der Waals surface area contributed by atoms with Gasteiger partial charge in [0.25, 0.3) is 11.8 Å². The van der Waals surface area contributed by atoms with Crippen LogP contribution in [0.15, 0.2) is 30.3 Å². The van der Waals surface area contributed by atoms with Gasteiger partial charge in [-0.25, -0.2) is 4.79 Å². The average molecular weight is 344 g/mol. The lowest BCUT2D eigenvalue weighted by atomic mass is 10.1. The van der Waals surface area contributed by atoms with Crippen molar-refractivity contribution in [3.05, 3.63) is 51.2 Å². The highest BCUT2D eigenvalue weighted by molar-refractivity contribution is 7.14. The lowest BCUT2D eigenvalue weighted by Gasteiger charge is -2.09. The predicted octanol–water partition coefficient (Wildman–Crippen LogP) is 2.13. The zero-order chi connectivity index (χ0) is 17.1. The van der Waals surface area contributed by atoms with Crippen LogP contribution >= 0.6 is 11.3 Å². The number of anilines is 1. The van der Waals surface area contributed by atoms with E-state index in [2.05, 4.69) is 5.32 Å². The summed E-state index contributed by atoms with van der Waals surface area (Å²) in [5, 5.41) is 2.52. The van der Waals surface area contributed by atoms with Gasteiger partial charge < -0.3 is 15.8 Å². The minimum Gasteiger partial charge on any atom is -0.451 e. The Morgan fingerprint density at radius 2 is 2.00 bits per heavy atom. The number of hydrogen-bond donors (Lipinski definition) is 2. The summed E-state index contributed by atoms with van der Waals surface area (Å²) in [5.41, 5.74) is 6.94. The van der Waals surface area contributed by atoms with Gasteiger partial charge >= 0.3 is 5.97 Å². The number of ether oxygens (including phenoxy) is 1. The maximum Gasteiger partial charge on any atom is 0.348 e. The van der Waals surface area contributed by atoms with Crippen molar-refractivity contribution < 1.29 is 19.1 Å². The summed E-state index contributed by atoms with van der Waals surface area (Å²) in [6, 6.07) is 8.23. The summed E-state index contributed by atoms with van der Waals surface area (Å²) >= 11 is 1.42. The predicted molar refractivity (Wildman–Crippen MR) is 90.2 cm³/mol. The fourth-order valence-electron chi connectivity index (χ4n) is 2.63. The molecule has 0 saturated heterocycles. The summed E-state index contributed by atoms with van der Waals surface area (Å²) in [6.45, 7) is -0.422. The second-order valence-electron chi connectivity index (χ2n) is 5.45. The molecule has 0 radical (unpaired) electrons. The molecule has 2 amide bonds. The molecule has 1 aromatic carbocycles. The molecule has 24 heavy (non-hydrogen) atoms. The molecule has 1 aromatic heterocycles. The highest BCUT2D eigenvalue weighted by Gasteiger charge is 2.20. The number of carbonyl (C=O) groups excluding carboxylic acids is 3. The second kappa shape index (κ2) is 6.84. The first-order valence-corrected chi connectivity index (χ1v) is 8.33. The van der Waals surface area contributed by atoms with E-state index in [1.165, 1.54) is 27.8 Å². The molecule has 0 fully saturated rings. The molecular weight excluding hydrogens is 328 g/mol. The number of hydrogen-bond acceptors (Lipinski definition) is 5. The van der Waals surface area contributed by atoms with Gasteiger partial charge in [-0.3, -0.25) is 9.59 Å². The van der Waals surface area contributed by atoms with Crippen molar-refractivity contribution in [2.45, 2.75) is 19.3 Å². The second-order valence-corrected chi connectivity index (χ2v) is 6.58. The first-order chi connectivity index (χ1) is 11.5. The smallest absolute Gasteiger partial charge is 0.348 e. The Balaban J connectivity index is 1.57. The fraction of sp³-hybridized carbons (Fsp3) is 0.235. The van der Waals surface area contributed by atoms with Crippen LogP contribution in [0.4, 0.5) is 5.69 Å². The lowest BCUT2D eigenvalue weighted by molar-refractivity contribution is -0.119. The van der Waals surface area contributed by atoms with Gasteiger partial charge in [-0.15, -0.1) is 11.3 Å². The van der Waals surface area contributed by atoms with Gasteiger partial charge in [0.05, 0.1) is 11.3 Å². The molecule has 2 aromatic rings. The van der Waals surface area contributed by atoms with E-state index < -0.39 is 24.4 Å². The first-order valence-electron chi connectivity index (χ1n) is 7.52. The minimum atomic E-state index is -0.643. The summed E-state index contributed by atoms with van der Waals surface area (Å²) in [6.07, 6.45) is 3.11. The van der Waals surface area contributed by atoms with E-state index in [4.69, 9.17) is 10.5 Å². The molecule has 124 valence electrons. The number of primary amides is 1. The molecule has 0 spiro atoms. The molecule has 0 saturated carbocycles. The fourth-order valence-corrected chi connectivity index (χ4v) is 3.77. The number of benzene rings is 1. The lowest BCUT2D eigenvalue weighted by Crippen LogP contribution is -2.23. The van der Waals surface area contributed by atoms with E-state index in [1.807, 2.05) is 6.07 Å². The van der Waals surface area contributed by atoms with Crippen molar-refractivity contribution in [3.63, 3.8) is 0 Å². The van der Waals surface area contributed by atoms with Gasteiger partial charge in [0.2, 0.25) is 0 Å². The third-order valence-corrected chi connectivity index (χ3v) is 4.97. The number of esters is 1. The van der Waals surface area contributed by atoms with Crippen LogP contribution in [0.1, 0.15) is 36.9 Å². The highest BCUT2D eigenvalue weighted by Crippen LogP contribution is 2.30. The van der Waals surface area contributed by atoms with Gasteiger partial charge in [-0.1, -0.05) is 12.1 Å². The Kier molecular flexibility index (Phi) is 4.61. The monoisotopic (exact) mass is 344 g/mol. The maximum atomic E-state index is 12.0. The molecule has 7 heteroatoms. The number of carbonyl (C=O) groups is 3. The zero-order valence-corrected chi connectivity index (χ0v) is 13.7. The molecule has 3 rings (SSSR count). The summed E-state index contributed by atoms with van der Waals surface area (Å²) in [4.78, 5) is 37.0. The topological polar surface area (TPSA) is 98.5 Å². The number of aryl methyl sites for hydroxylation is 2. The Bertz CT molecular complexity index is 791. The number of nitrogens with one attached hydrogen (secondary N) is 1. The SMILES string of the molecule is NC(=O)c1ccccc1NC(=O)COC(=O)c1cc2c(s1)CCC2. The molecule has 0 bridgehead atoms. The van der Waals surface area contributed by atoms with Gasteiger partial charge in [-0.05, 0) is 43.0 Å². The van der Waals surface area contributed by atoms with Crippen molar-refractivity contribution in [3.8, 4) is 0 Å². The first kappa shape index (κ1) is 16.2. The van der Waals surface area contributed by atoms with Crippen molar-refractivity contribution in [1.29, 1.82) is 0 Å².